The van der Waals surface area contributed by atoms with Crippen molar-refractivity contribution in [2.75, 3.05) is 13.1 Å². The summed E-state index contributed by atoms with van der Waals surface area (Å²) in [6.45, 7) is 1.34. The lowest BCUT2D eigenvalue weighted by atomic mass is 10.2. The van der Waals surface area contributed by atoms with E-state index < -0.39 is 10.0 Å². The Morgan fingerprint density at radius 1 is 1.07 bits per heavy atom. The quantitative estimate of drug-likeness (QED) is 0.781. The first-order chi connectivity index (χ1) is 13.6. The van der Waals surface area contributed by atoms with Gasteiger partial charge in [-0.1, -0.05) is 12.8 Å². The van der Waals surface area contributed by atoms with Gasteiger partial charge in [0.2, 0.25) is 10.0 Å². The van der Waals surface area contributed by atoms with Crippen molar-refractivity contribution in [3.8, 4) is 0 Å². The predicted octanol–water partition coefficient (Wildman–Crippen LogP) is 1.50. The van der Waals surface area contributed by atoms with Crippen molar-refractivity contribution in [3.63, 3.8) is 0 Å². The minimum atomic E-state index is -3.47. The SMILES string of the molecule is O=C(NCc1nnnn1C1CCCC1)c1ccc(S(=O)(=O)N2CCCC2)cc1. The molecule has 1 aromatic heterocycles. The molecule has 150 valence electrons. The molecule has 0 radical (unpaired) electrons. The molecule has 1 aliphatic heterocycles. The molecule has 1 N–H and O–H groups in total. The van der Waals surface area contributed by atoms with E-state index in [9.17, 15) is 13.2 Å². The van der Waals surface area contributed by atoms with Crippen molar-refractivity contribution < 1.29 is 13.2 Å². The third-order valence-corrected chi connectivity index (χ3v) is 7.37. The maximum atomic E-state index is 12.6. The molecule has 4 rings (SSSR count). The molecule has 0 spiro atoms. The largest absolute Gasteiger partial charge is 0.345 e. The van der Waals surface area contributed by atoms with Crippen LogP contribution in [0.1, 0.15) is 60.7 Å². The van der Waals surface area contributed by atoms with Crippen molar-refractivity contribution in [2.24, 2.45) is 0 Å². The fourth-order valence-electron chi connectivity index (χ4n) is 3.88. The summed E-state index contributed by atoms with van der Waals surface area (Å²) in [6.07, 6.45) is 6.23. The van der Waals surface area contributed by atoms with Gasteiger partial charge in [0.25, 0.3) is 5.91 Å². The van der Waals surface area contributed by atoms with Gasteiger partial charge in [0.05, 0.1) is 17.5 Å². The van der Waals surface area contributed by atoms with E-state index in [1.165, 1.54) is 41.4 Å². The van der Waals surface area contributed by atoms with Crippen LogP contribution in [-0.4, -0.2) is 51.9 Å². The van der Waals surface area contributed by atoms with E-state index >= 15 is 0 Å². The normalized spacial score (nSPS) is 18.6. The van der Waals surface area contributed by atoms with E-state index in [1.807, 2.05) is 0 Å². The monoisotopic (exact) mass is 404 g/mol. The van der Waals surface area contributed by atoms with Crippen LogP contribution < -0.4 is 5.32 Å². The van der Waals surface area contributed by atoms with Crippen molar-refractivity contribution in [1.82, 2.24) is 29.8 Å². The highest BCUT2D eigenvalue weighted by molar-refractivity contribution is 7.89. The van der Waals surface area contributed by atoms with Gasteiger partial charge in [-0.3, -0.25) is 4.79 Å². The van der Waals surface area contributed by atoms with Gasteiger partial charge in [0, 0.05) is 18.7 Å². The molecule has 2 aromatic rings. The Labute approximate surface area is 164 Å². The Bertz CT molecular complexity index is 928. The number of benzene rings is 1. The Morgan fingerprint density at radius 3 is 2.43 bits per heavy atom. The summed E-state index contributed by atoms with van der Waals surface area (Å²) in [5.74, 6) is 0.347. The number of carbonyl (C=O) groups is 1. The van der Waals surface area contributed by atoms with Crippen LogP contribution in [0.3, 0.4) is 0 Å². The lowest BCUT2D eigenvalue weighted by Gasteiger charge is -2.15. The van der Waals surface area contributed by atoms with Crippen LogP contribution in [0.4, 0.5) is 0 Å². The molecule has 9 nitrogen and oxygen atoms in total. The topological polar surface area (TPSA) is 110 Å². The van der Waals surface area contributed by atoms with Crippen molar-refractivity contribution in [3.05, 3.63) is 35.7 Å². The number of hydrogen-bond acceptors (Lipinski definition) is 6. The zero-order valence-corrected chi connectivity index (χ0v) is 16.4. The summed E-state index contributed by atoms with van der Waals surface area (Å²) < 4.78 is 28.4. The second-order valence-corrected chi connectivity index (χ2v) is 9.23. The highest BCUT2D eigenvalue weighted by Crippen LogP contribution is 2.29. The molecule has 2 heterocycles. The van der Waals surface area contributed by atoms with Crippen LogP contribution in [0, 0.1) is 0 Å². The predicted molar refractivity (Wildman–Crippen MR) is 101 cm³/mol. The number of hydrogen-bond donors (Lipinski definition) is 1. The molecule has 1 aliphatic carbocycles. The molecule has 2 fully saturated rings. The molecule has 1 saturated heterocycles. The summed E-state index contributed by atoms with van der Waals surface area (Å²) in [5, 5.41) is 14.6. The molecule has 28 heavy (non-hydrogen) atoms. The minimum Gasteiger partial charge on any atom is -0.345 e. The lowest BCUT2D eigenvalue weighted by molar-refractivity contribution is 0.0949. The van der Waals surface area contributed by atoms with Crippen LogP contribution in [0.25, 0.3) is 0 Å². The zero-order chi connectivity index (χ0) is 19.6. The van der Waals surface area contributed by atoms with Gasteiger partial charge < -0.3 is 5.32 Å². The maximum absolute atomic E-state index is 12.6. The van der Waals surface area contributed by atoms with Crippen molar-refractivity contribution in [1.29, 1.82) is 0 Å². The highest BCUT2D eigenvalue weighted by atomic mass is 32.2. The van der Waals surface area contributed by atoms with Gasteiger partial charge >= 0.3 is 0 Å². The first-order valence-corrected chi connectivity index (χ1v) is 11.1. The van der Waals surface area contributed by atoms with Crippen LogP contribution in [0.2, 0.25) is 0 Å². The standard InChI is InChI=1S/C18H24N6O3S/c25-18(19-13-17-20-21-22-24(17)15-5-1-2-6-15)14-7-9-16(10-8-14)28(26,27)23-11-3-4-12-23/h7-10,15H,1-6,11-13H2,(H,19,25). The molecule has 0 atom stereocenters. The van der Waals surface area contributed by atoms with E-state index in [-0.39, 0.29) is 17.3 Å². The van der Waals surface area contributed by atoms with Crippen LogP contribution in [0.15, 0.2) is 29.2 Å². The summed E-state index contributed by atoms with van der Waals surface area (Å²) >= 11 is 0. The van der Waals surface area contributed by atoms with E-state index in [2.05, 4.69) is 20.8 Å². The third-order valence-electron chi connectivity index (χ3n) is 5.46. The molecule has 10 heteroatoms. The number of carbonyl (C=O) groups excluding carboxylic acids is 1. The summed E-state index contributed by atoms with van der Waals surface area (Å²) in [7, 11) is -3.47. The second kappa shape index (κ2) is 7.96. The molecular formula is C18H24N6O3S. The molecule has 1 saturated carbocycles. The first-order valence-electron chi connectivity index (χ1n) is 9.71. The minimum absolute atomic E-state index is 0.219. The zero-order valence-electron chi connectivity index (χ0n) is 15.6. The lowest BCUT2D eigenvalue weighted by Crippen LogP contribution is -2.28. The molecule has 1 aromatic carbocycles. The number of aromatic nitrogens is 4. The maximum Gasteiger partial charge on any atom is 0.251 e. The third kappa shape index (κ3) is 3.79. The van der Waals surface area contributed by atoms with Gasteiger partial charge in [-0.2, -0.15) is 4.31 Å². The number of sulfonamides is 1. The molecule has 2 aliphatic rings. The second-order valence-electron chi connectivity index (χ2n) is 7.30. The fourth-order valence-corrected chi connectivity index (χ4v) is 5.40. The van der Waals surface area contributed by atoms with E-state index in [1.54, 1.807) is 4.68 Å². The number of nitrogens with zero attached hydrogens (tertiary/aromatic N) is 5. The Balaban J connectivity index is 1.40. The summed E-state index contributed by atoms with van der Waals surface area (Å²) in [4.78, 5) is 12.7. The average Bonchev–Trinajstić information content (AvgIpc) is 3.48. The van der Waals surface area contributed by atoms with Gasteiger partial charge in [-0.05, 0) is 60.4 Å². The Hall–Kier alpha value is -2.33. The molecule has 1 amide bonds. The van der Waals surface area contributed by atoms with Crippen molar-refractivity contribution >= 4 is 15.9 Å². The van der Waals surface area contributed by atoms with Gasteiger partial charge in [0.1, 0.15) is 0 Å². The van der Waals surface area contributed by atoms with Gasteiger partial charge in [-0.15, -0.1) is 5.10 Å². The van der Waals surface area contributed by atoms with Crippen molar-refractivity contribution in [2.45, 2.75) is 56.0 Å². The summed E-state index contributed by atoms with van der Waals surface area (Å²) in [6, 6.07) is 6.37. The smallest absolute Gasteiger partial charge is 0.251 e. The fraction of sp³-hybridized carbons (Fsp3) is 0.556. The van der Waals surface area contributed by atoms with E-state index in [4.69, 9.17) is 0 Å². The number of nitrogens with one attached hydrogen (secondary N) is 1. The molecular weight excluding hydrogens is 380 g/mol. The average molecular weight is 404 g/mol. The van der Waals surface area contributed by atoms with Gasteiger partial charge in [0.15, 0.2) is 5.82 Å². The number of rotatable bonds is 6. The van der Waals surface area contributed by atoms with E-state index in [0.29, 0.717) is 30.5 Å². The Morgan fingerprint density at radius 2 is 1.75 bits per heavy atom. The number of amides is 1. The van der Waals surface area contributed by atoms with Crippen LogP contribution in [0.5, 0.6) is 0 Å². The Kier molecular flexibility index (Phi) is 5.40. The van der Waals surface area contributed by atoms with E-state index in [0.717, 1.165) is 25.7 Å². The van der Waals surface area contributed by atoms with Crippen LogP contribution >= 0.6 is 0 Å². The van der Waals surface area contributed by atoms with Gasteiger partial charge in [-0.25, -0.2) is 13.1 Å². The summed E-state index contributed by atoms with van der Waals surface area (Å²) in [5.41, 5.74) is 0.403. The highest BCUT2D eigenvalue weighted by Gasteiger charge is 2.27. The molecule has 0 unspecified atom stereocenters. The number of tetrazole rings is 1. The van der Waals surface area contributed by atoms with Crippen LogP contribution in [-0.2, 0) is 16.6 Å². The molecule has 0 bridgehead atoms. The first kappa shape index (κ1) is 19.0.